The van der Waals surface area contributed by atoms with Gasteiger partial charge in [-0.15, -0.1) is 0 Å². The van der Waals surface area contributed by atoms with Gasteiger partial charge in [-0.2, -0.15) is 5.10 Å². The van der Waals surface area contributed by atoms with Gasteiger partial charge < -0.3 is 5.32 Å². The number of anilines is 2. The van der Waals surface area contributed by atoms with Crippen LogP contribution in [0.5, 0.6) is 0 Å². The van der Waals surface area contributed by atoms with Gasteiger partial charge in [-0.1, -0.05) is 11.6 Å². The molecule has 0 aliphatic heterocycles. The van der Waals surface area contributed by atoms with Gasteiger partial charge in [-0.25, -0.2) is 0 Å². The molecule has 0 radical (unpaired) electrons. The minimum atomic E-state index is -0.472. The molecule has 0 atom stereocenters. The van der Waals surface area contributed by atoms with Gasteiger partial charge >= 0.3 is 0 Å². The summed E-state index contributed by atoms with van der Waals surface area (Å²) in [7, 11) is 1.79. The molecule has 1 aromatic carbocycles. The smallest absolute Gasteiger partial charge is 0.294 e. The van der Waals surface area contributed by atoms with Crippen LogP contribution in [0.4, 0.5) is 17.1 Å². The summed E-state index contributed by atoms with van der Waals surface area (Å²) in [4.78, 5) is 10.5. The van der Waals surface area contributed by atoms with Crippen LogP contribution in [-0.2, 0) is 7.05 Å². The maximum absolute atomic E-state index is 10.9. The van der Waals surface area contributed by atoms with Crippen molar-refractivity contribution >= 4 is 28.7 Å². The van der Waals surface area contributed by atoms with Crippen molar-refractivity contribution in [2.45, 2.75) is 6.92 Å². The molecular weight excluding hydrogens is 256 g/mol. The number of nitro benzene ring substituents is 1. The first-order valence-electron chi connectivity index (χ1n) is 5.18. The SMILES string of the molecule is Cc1nn(C)cc1Nc1ccc(Cl)cc1[N+](=O)[O-]. The summed E-state index contributed by atoms with van der Waals surface area (Å²) >= 11 is 5.75. The molecule has 2 aromatic rings. The molecule has 0 fully saturated rings. The van der Waals surface area contributed by atoms with Crippen LogP contribution in [-0.4, -0.2) is 14.7 Å². The van der Waals surface area contributed by atoms with Crippen LogP contribution in [0.15, 0.2) is 24.4 Å². The molecule has 0 saturated heterocycles. The first-order valence-corrected chi connectivity index (χ1v) is 5.56. The van der Waals surface area contributed by atoms with Crippen LogP contribution in [0.1, 0.15) is 5.69 Å². The third kappa shape index (κ3) is 2.43. The average molecular weight is 267 g/mol. The number of hydrogen-bond acceptors (Lipinski definition) is 4. The van der Waals surface area contributed by atoms with E-state index in [4.69, 9.17) is 11.6 Å². The lowest BCUT2D eigenvalue weighted by Gasteiger charge is -2.05. The Morgan fingerprint density at radius 3 is 2.72 bits per heavy atom. The number of nitro groups is 1. The minimum Gasteiger partial charge on any atom is -0.347 e. The highest BCUT2D eigenvalue weighted by Crippen LogP contribution is 2.30. The van der Waals surface area contributed by atoms with E-state index in [0.717, 1.165) is 11.4 Å². The molecule has 1 N–H and O–H groups in total. The highest BCUT2D eigenvalue weighted by molar-refractivity contribution is 6.30. The van der Waals surface area contributed by atoms with Crippen LogP contribution in [0, 0.1) is 17.0 Å². The third-order valence-corrected chi connectivity index (χ3v) is 2.67. The Labute approximate surface area is 108 Å². The number of benzene rings is 1. The highest BCUT2D eigenvalue weighted by Gasteiger charge is 2.15. The first-order chi connectivity index (χ1) is 8.47. The number of nitrogens with one attached hydrogen (secondary N) is 1. The van der Waals surface area contributed by atoms with Gasteiger partial charge in [0.1, 0.15) is 5.69 Å². The molecule has 18 heavy (non-hydrogen) atoms. The van der Waals surface area contributed by atoms with Gasteiger partial charge in [0.05, 0.1) is 16.3 Å². The van der Waals surface area contributed by atoms with E-state index in [1.807, 2.05) is 6.92 Å². The Bertz CT molecular complexity index is 609. The fraction of sp³-hybridized carbons (Fsp3) is 0.182. The fourth-order valence-electron chi connectivity index (χ4n) is 1.63. The molecule has 2 rings (SSSR count). The standard InChI is InChI=1S/C11H11ClN4O2/c1-7-10(6-15(2)14-7)13-9-4-3-8(12)5-11(9)16(17)18/h3-6,13H,1-2H3. The lowest BCUT2D eigenvalue weighted by Crippen LogP contribution is -1.97. The Hall–Kier alpha value is -2.08. The molecule has 7 heteroatoms. The molecule has 0 spiro atoms. The molecule has 1 aromatic heterocycles. The van der Waals surface area contributed by atoms with Gasteiger partial charge in [-0.3, -0.25) is 14.8 Å². The number of aromatic nitrogens is 2. The van der Waals surface area contributed by atoms with Crippen molar-refractivity contribution in [1.29, 1.82) is 0 Å². The Balaban J connectivity index is 2.40. The monoisotopic (exact) mass is 266 g/mol. The zero-order chi connectivity index (χ0) is 13.3. The average Bonchev–Trinajstić information content (AvgIpc) is 2.60. The predicted molar refractivity (Wildman–Crippen MR) is 69.3 cm³/mol. The largest absolute Gasteiger partial charge is 0.347 e. The van der Waals surface area contributed by atoms with E-state index in [-0.39, 0.29) is 5.69 Å². The second kappa shape index (κ2) is 4.66. The number of rotatable bonds is 3. The van der Waals surface area contributed by atoms with Gasteiger partial charge in [0.25, 0.3) is 5.69 Å². The maximum Gasteiger partial charge on any atom is 0.294 e. The maximum atomic E-state index is 10.9. The van der Waals surface area contributed by atoms with Crippen LogP contribution in [0.3, 0.4) is 0 Å². The Morgan fingerprint density at radius 1 is 1.44 bits per heavy atom. The lowest BCUT2D eigenvalue weighted by molar-refractivity contribution is -0.383. The summed E-state index contributed by atoms with van der Waals surface area (Å²) in [6, 6.07) is 4.49. The van der Waals surface area contributed by atoms with E-state index < -0.39 is 4.92 Å². The summed E-state index contributed by atoms with van der Waals surface area (Å²) < 4.78 is 1.64. The summed E-state index contributed by atoms with van der Waals surface area (Å²) in [5, 5.41) is 18.4. The van der Waals surface area contributed by atoms with Crippen molar-refractivity contribution in [1.82, 2.24) is 9.78 Å². The fourth-order valence-corrected chi connectivity index (χ4v) is 1.80. The van der Waals surface area contributed by atoms with E-state index in [1.165, 1.54) is 6.07 Å². The molecular formula is C11H11ClN4O2. The summed E-state index contributed by atoms with van der Waals surface area (Å²) in [5.74, 6) is 0. The van der Waals surface area contributed by atoms with Gasteiger partial charge in [0.2, 0.25) is 0 Å². The second-order valence-corrected chi connectivity index (χ2v) is 4.28. The predicted octanol–water partition coefficient (Wildman–Crippen LogP) is 3.03. The molecule has 0 unspecified atom stereocenters. The van der Waals surface area contributed by atoms with Crippen molar-refractivity contribution in [3.05, 3.63) is 45.2 Å². The molecule has 94 valence electrons. The van der Waals surface area contributed by atoms with E-state index >= 15 is 0 Å². The van der Waals surface area contributed by atoms with Crippen LogP contribution < -0.4 is 5.32 Å². The summed E-state index contributed by atoms with van der Waals surface area (Å²) in [6.07, 6.45) is 1.76. The number of halogens is 1. The Kier molecular flexibility index (Phi) is 3.20. The van der Waals surface area contributed by atoms with Crippen molar-refractivity contribution in [3.63, 3.8) is 0 Å². The second-order valence-electron chi connectivity index (χ2n) is 3.85. The highest BCUT2D eigenvalue weighted by atomic mass is 35.5. The normalized spacial score (nSPS) is 10.4. The van der Waals surface area contributed by atoms with Gasteiger partial charge in [0.15, 0.2) is 0 Å². The van der Waals surface area contributed by atoms with Crippen molar-refractivity contribution in [3.8, 4) is 0 Å². The minimum absolute atomic E-state index is 0.0641. The molecule has 0 aliphatic carbocycles. The summed E-state index contributed by atoms with van der Waals surface area (Å²) in [5.41, 5.74) is 1.82. The van der Waals surface area contributed by atoms with E-state index in [1.54, 1.807) is 30.1 Å². The molecule has 0 saturated carbocycles. The zero-order valence-corrected chi connectivity index (χ0v) is 10.6. The number of nitrogens with zero attached hydrogens (tertiary/aromatic N) is 3. The third-order valence-electron chi connectivity index (χ3n) is 2.44. The van der Waals surface area contributed by atoms with Crippen molar-refractivity contribution < 1.29 is 4.92 Å². The van der Waals surface area contributed by atoms with E-state index in [9.17, 15) is 10.1 Å². The molecule has 0 amide bonds. The quantitative estimate of drug-likeness (QED) is 0.684. The molecule has 0 bridgehead atoms. The van der Waals surface area contributed by atoms with Gasteiger partial charge in [0, 0.05) is 24.3 Å². The van der Waals surface area contributed by atoms with Crippen LogP contribution in [0.25, 0.3) is 0 Å². The first kappa shape index (κ1) is 12.4. The van der Waals surface area contributed by atoms with Crippen molar-refractivity contribution in [2.75, 3.05) is 5.32 Å². The van der Waals surface area contributed by atoms with Crippen LogP contribution in [0.2, 0.25) is 5.02 Å². The molecule has 6 nitrogen and oxygen atoms in total. The number of aryl methyl sites for hydroxylation is 2. The Morgan fingerprint density at radius 2 is 2.17 bits per heavy atom. The topological polar surface area (TPSA) is 73.0 Å². The van der Waals surface area contributed by atoms with Crippen molar-refractivity contribution in [2.24, 2.45) is 7.05 Å². The van der Waals surface area contributed by atoms with E-state index in [2.05, 4.69) is 10.4 Å². The van der Waals surface area contributed by atoms with E-state index in [0.29, 0.717) is 10.7 Å². The van der Waals surface area contributed by atoms with Gasteiger partial charge in [-0.05, 0) is 19.1 Å². The lowest BCUT2D eigenvalue weighted by atomic mass is 10.2. The van der Waals surface area contributed by atoms with Crippen LogP contribution >= 0.6 is 11.6 Å². The summed E-state index contributed by atoms with van der Waals surface area (Å²) in [6.45, 7) is 1.82. The zero-order valence-electron chi connectivity index (χ0n) is 9.85. The molecule has 0 aliphatic rings. The molecule has 1 heterocycles. The number of hydrogen-bond donors (Lipinski definition) is 1.